The Labute approximate surface area is 174 Å². The molecule has 2 N–H and O–H groups in total. The van der Waals surface area contributed by atoms with Gasteiger partial charge in [0.05, 0.1) is 35.2 Å². The van der Waals surface area contributed by atoms with E-state index in [0.29, 0.717) is 46.7 Å². The van der Waals surface area contributed by atoms with Crippen LogP contribution in [0.15, 0.2) is 36.4 Å². The first-order valence-electron chi connectivity index (χ1n) is 8.85. The summed E-state index contributed by atoms with van der Waals surface area (Å²) in [6, 6.07) is 9.97. The maximum Gasteiger partial charge on any atom is 0.257 e. The molecule has 0 radical (unpaired) electrons. The number of carbonyl (C=O) groups excluding carboxylic acids is 2. The first kappa shape index (κ1) is 21.9. The number of nitrogens with one attached hydrogen (secondary N) is 2. The smallest absolute Gasteiger partial charge is 0.257 e. The van der Waals surface area contributed by atoms with Crippen molar-refractivity contribution in [1.82, 2.24) is 0 Å². The molecule has 28 heavy (non-hydrogen) atoms. The highest BCUT2D eigenvalue weighted by molar-refractivity contribution is 6.34. The van der Waals surface area contributed by atoms with Crippen LogP contribution in [0.3, 0.4) is 0 Å². The predicted octanol–water partition coefficient (Wildman–Crippen LogP) is 4.96. The molecule has 0 saturated carbocycles. The first-order chi connectivity index (χ1) is 13.5. The van der Waals surface area contributed by atoms with Crippen LogP contribution in [0.1, 0.15) is 30.6 Å². The van der Waals surface area contributed by atoms with Crippen LogP contribution in [-0.4, -0.2) is 30.9 Å². The van der Waals surface area contributed by atoms with E-state index in [4.69, 9.17) is 32.7 Å². The average Bonchev–Trinajstić information content (AvgIpc) is 2.65. The summed E-state index contributed by atoms with van der Waals surface area (Å²) in [5.41, 5.74) is 1.19. The maximum atomic E-state index is 12.6. The second-order valence-electron chi connectivity index (χ2n) is 5.63. The molecule has 0 aliphatic rings. The zero-order valence-corrected chi connectivity index (χ0v) is 17.2. The van der Waals surface area contributed by atoms with Crippen molar-refractivity contribution in [2.75, 3.05) is 29.7 Å². The van der Waals surface area contributed by atoms with Crippen LogP contribution in [0, 0.1) is 0 Å². The van der Waals surface area contributed by atoms with Crippen LogP contribution in [0.2, 0.25) is 5.02 Å². The summed E-state index contributed by atoms with van der Waals surface area (Å²) in [6.07, 6.45) is 0.169. The van der Waals surface area contributed by atoms with Crippen molar-refractivity contribution < 1.29 is 19.1 Å². The highest BCUT2D eigenvalue weighted by atomic mass is 35.5. The van der Waals surface area contributed by atoms with Crippen molar-refractivity contribution in [3.63, 3.8) is 0 Å². The van der Waals surface area contributed by atoms with Gasteiger partial charge in [0.2, 0.25) is 5.91 Å². The lowest BCUT2D eigenvalue weighted by Crippen LogP contribution is -2.16. The molecule has 0 spiro atoms. The van der Waals surface area contributed by atoms with Crippen molar-refractivity contribution in [2.24, 2.45) is 0 Å². The number of halogens is 2. The molecule has 0 heterocycles. The lowest BCUT2D eigenvalue weighted by molar-refractivity contribution is -0.115. The zero-order chi connectivity index (χ0) is 20.5. The fourth-order valence-corrected chi connectivity index (χ4v) is 2.83. The Morgan fingerprint density at radius 3 is 2.07 bits per heavy atom. The zero-order valence-electron chi connectivity index (χ0n) is 15.7. The van der Waals surface area contributed by atoms with Crippen molar-refractivity contribution in [2.45, 2.75) is 20.3 Å². The van der Waals surface area contributed by atoms with Gasteiger partial charge < -0.3 is 20.1 Å². The number of alkyl halides is 1. The Balaban J connectivity index is 2.39. The summed E-state index contributed by atoms with van der Waals surface area (Å²) in [5.74, 6) is 0.384. The molecule has 2 aromatic rings. The number of hydrogen-bond donors (Lipinski definition) is 2. The van der Waals surface area contributed by atoms with Gasteiger partial charge in [0.1, 0.15) is 11.5 Å². The number of anilines is 2. The molecule has 0 aromatic heterocycles. The van der Waals surface area contributed by atoms with Gasteiger partial charge in [-0.3, -0.25) is 9.59 Å². The minimum Gasteiger partial charge on any atom is -0.492 e. The minimum atomic E-state index is -0.382. The maximum absolute atomic E-state index is 12.6. The third-order valence-electron chi connectivity index (χ3n) is 3.64. The molecule has 6 nitrogen and oxygen atoms in total. The molecule has 2 aromatic carbocycles. The van der Waals surface area contributed by atoms with E-state index in [9.17, 15) is 9.59 Å². The molecule has 8 heteroatoms. The quantitative estimate of drug-likeness (QED) is 0.557. The van der Waals surface area contributed by atoms with Gasteiger partial charge in [-0.15, -0.1) is 11.6 Å². The Bertz CT molecular complexity index is 843. The molecule has 2 rings (SSSR count). The number of rotatable bonds is 9. The minimum absolute atomic E-state index is 0.169. The van der Waals surface area contributed by atoms with Gasteiger partial charge >= 0.3 is 0 Å². The standard InChI is InChI=1S/C20H22Cl2N2O4/c1-3-27-17-12-16(24-20(26)13-7-5-6-8-14(13)22)18(28-4-2)11-15(17)23-19(25)9-10-21/h5-8,11-12H,3-4,9-10H2,1-2H3,(H,23,25)(H,24,26). The first-order valence-corrected chi connectivity index (χ1v) is 9.76. The van der Waals surface area contributed by atoms with Crippen molar-refractivity contribution in [1.29, 1.82) is 0 Å². The fourth-order valence-electron chi connectivity index (χ4n) is 2.44. The van der Waals surface area contributed by atoms with Gasteiger partial charge in [0, 0.05) is 24.4 Å². The van der Waals surface area contributed by atoms with E-state index < -0.39 is 0 Å². The highest BCUT2D eigenvalue weighted by Gasteiger charge is 2.17. The van der Waals surface area contributed by atoms with Gasteiger partial charge in [0.25, 0.3) is 5.91 Å². The molecule has 0 saturated heterocycles. The topological polar surface area (TPSA) is 76.7 Å². The largest absolute Gasteiger partial charge is 0.492 e. The van der Waals surface area contributed by atoms with Crippen LogP contribution in [0.25, 0.3) is 0 Å². The second kappa shape index (κ2) is 10.8. The van der Waals surface area contributed by atoms with Crippen LogP contribution in [0.4, 0.5) is 11.4 Å². The van der Waals surface area contributed by atoms with E-state index in [0.717, 1.165) is 0 Å². The van der Waals surface area contributed by atoms with E-state index in [1.165, 1.54) is 0 Å². The van der Waals surface area contributed by atoms with Gasteiger partial charge in [-0.05, 0) is 26.0 Å². The van der Waals surface area contributed by atoms with Crippen LogP contribution in [-0.2, 0) is 4.79 Å². The molecule has 0 aliphatic carbocycles. The summed E-state index contributed by atoms with van der Waals surface area (Å²) < 4.78 is 11.3. The summed E-state index contributed by atoms with van der Waals surface area (Å²) in [6.45, 7) is 4.40. The SMILES string of the molecule is CCOc1cc(NC(=O)c2ccccc2Cl)c(OCC)cc1NC(=O)CCCl. The summed E-state index contributed by atoms with van der Waals surface area (Å²) in [7, 11) is 0. The van der Waals surface area contributed by atoms with E-state index >= 15 is 0 Å². The van der Waals surface area contributed by atoms with Gasteiger partial charge in [-0.1, -0.05) is 23.7 Å². The van der Waals surface area contributed by atoms with Crippen LogP contribution in [0.5, 0.6) is 11.5 Å². The molecular weight excluding hydrogens is 403 g/mol. The van der Waals surface area contributed by atoms with E-state index in [1.807, 2.05) is 13.8 Å². The normalized spacial score (nSPS) is 10.3. The summed E-state index contributed by atoms with van der Waals surface area (Å²) >= 11 is 11.7. The third kappa shape index (κ3) is 5.78. The third-order valence-corrected chi connectivity index (χ3v) is 4.16. The average molecular weight is 425 g/mol. The summed E-state index contributed by atoms with van der Waals surface area (Å²) in [5, 5.41) is 5.89. The summed E-state index contributed by atoms with van der Waals surface area (Å²) in [4.78, 5) is 24.6. The Morgan fingerprint density at radius 2 is 1.54 bits per heavy atom. The van der Waals surface area contributed by atoms with Crippen LogP contribution >= 0.6 is 23.2 Å². The number of ether oxygens (including phenoxy) is 2. The fraction of sp³-hybridized carbons (Fsp3) is 0.300. The molecule has 0 bridgehead atoms. The Hall–Kier alpha value is -2.44. The molecule has 150 valence electrons. The van der Waals surface area contributed by atoms with Gasteiger partial charge in [-0.2, -0.15) is 0 Å². The van der Waals surface area contributed by atoms with E-state index in [-0.39, 0.29) is 24.1 Å². The van der Waals surface area contributed by atoms with Crippen molar-refractivity contribution >= 4 is 46.4 Å². The Morgan fingerprint density at radius 1 is 0.964 bits per heavy atom. The molecular formula is C20H22Cl2N2O4. The number of hydrogen-bond acceptors (Lipinski definition) is 4. The molecule has 0 fully saturated rings. The Kier molecular flexibility index (Phi) is 8.42. The molecule has 2 amide bonds. The van der Waals surface area contributed by atoms with E-state index in [1.54, 1.807) is 36.4 Å². The van der Waals surface area contributed by atoms with Crippen molar-refractivity contribution in [3.05, 3.63) is 47.0 Å². The van der Waals surface area contributed by atoms with E-state index in [2.05, 4.69) is 10.6 Å². The van der Waals surface area contributed by atoms with Crippen LogP contribution < -0.4 is 20.1 Å². The monoisotopic (exact) mass is 424 g/mol. The molecule has 0 atom stereocenters. The molecule has 0 aliphatic heterocycles. The van der Waals surface area contributed by atoms with Gasteiger partial charge in [0.15, 0.2) is 0 Å². The van der Waals surface area contributed by atoms with Gasteiger partial charge in [-0.25, -0.2) is 0 Å². The number of carbonyl (C=O) groups is 2. The number of amides is 2. The van der Waals surface area contributed by atoms with Crippen molar-refractivity contribution in [3.8, 4) is 11.5 Å². The second-order valence-corrected chi connectivity index (χ2v) is 6.42. The number of benzene rings is 2. The lowest BCUT2D eigenvalue weighted by Gasteiger charge is -2.18. The predicted molar refractivity (Wildman–Crippen MR) is 112 cm³/mol. The highest BCUT2D eigenvalue weighted by Crippen LogP contribution is 2.37. The lowest BCUT2D eigenvalue weighted by atomic mass is 10.2. The molecule has 0 unspecified atom stereocenters.